The smallest absolute Gasteiger partial charge is 0.137 e. The number of imidazole rings is 1. The molecule has 0 spiro atoms. The van der Waals surface area contributed by atoms with E-state index in [1.54, 1.807) is 6.20 Å². The Morgan fingerprint density at radius 2 is 2.13 bits per heavy atom. The molecule has 4 nitrogen and oxygen atoms in total. The van der Waals surface area contributed by atoms with Crippen molar-refractivity contribution in [2.24, 2.45) is 7.05 Å². The monoisotopic (exact) mass is 203 g/mol. The predicted molar refractivity (Wildman–Crippen MR) is 58.1 cm³/mol. The molecular formula is C11H13N3O. The van der Waals surface area contributed by atoms with E-state index in [2.05, 4.69) is 10.5 Å². The minimum absolute atomic E-state index is 0.443. The summed E-state index contributed by atoms with van der Waals surface area (Å²) in [5.41, 5.74) is 3.79. The van der Waals surface area contributed by atoms with Crippen LogP contribution in [0.25, 0.3) is 0 Å². The van der Waals surface area contributed by atoms with Crippen molar-refractivity contribution >= 4 is 5.69 Å². The number of rotatable bonds is 4. The molecule has 0 radical (unpaired) electrons. The van der Waals surface area contributed by atoms with Gasteiger partial charge in [0, 0.05) is 19.4 Å². The summed E-state index contributed by atoms with van der Waals surface area (Å²) in [7, 11) is 1.94. The first-order chi connectivity index (χ1) is 7.36. The van der Waals surface area contributed by atoms with E-state index in [0.717, 1.165) is 11.5 Å². The van der Waals surface area contributed by atoms with Gasteiger partial charge in [-0.1, -0.05) is 18.2 Å². The molecule has 0 saturated heterocycles. The molecule has 0 bridgehead atoms. The van der Waals surface area contributed by atoms with Crippen LogP contribution in [0.5, 0.6) is 0 Å². The Labute approximate surface area is 88.5 Å². The highest BCUT2D eigenvalue weighted by Gasteiger charge is 1.98. The van der Waals surface area contributed by atoms with Gasteiger partial charge in [0.1, 0.15) is 12.4 Å². The van der Waals surface area contributed by atoms with Gasteiger partial charge in [-0.2, -0.15) is 0 Å². The number of hydrogen-bond donors (Lipinski definition) is 1. The Morgan fingerprint density at radius 1 is 1.33 bits per heavy atom. The second kappa shape index (κ2) is 4.61. The summed E-state index contributed by atoms with van der Waals surface area (Å²) < 4.78 is 1.92. The Bertz CT molecular complexity index is 411. The molecule has 0 aliphatic carbocycles. The van der Waals surface area contributed by atoms with Gasteiger partial charge in [0.25, 0.3) is 0 Å². The molecule has 0 saturated carbocycles. The standard InChI is InChI=1S/C11H13N3O/c1-14-8-7-12-11(14)9-15-13-10-5-3-2-4-6-10/h2-8,13H,9H2,1H3. The van der Waals surface area contributed by atoms with Crippen LogP contribution in [0.15, 0.2) is 42.7 Å². The maximum absolute atomic E-state index is 5.31. The van der Waals surface area contributed by atoms with Crippen LogP contribution in [0.3, 0.4) is 0 Å². The van der Waals surface area contributed by atoms with E-state index in [9.17, 15) is 0 Å². The molecule has 2 rings (SSSR count). The lowest BCUT2D eigenvalue weighted by Gasteiger charge is -2.06. The number of nitrogens with one attached hydrogen (secondary N) is 1. The van der Waals surface area contributed by atoms with Gasteiger partial charge in [0.15, 0.2) is 0 Å². The number of nitrogens with zero attached hydrogens (tertiary/aromatic N) is 2. The molecule has 4 heteroatoms. The van der Waals surface area contributed by atoms with Crippen LogP contribution in [0, 0.1) is 0 Å². The summed E-state index contributed by atoms with van der Waals surface area (Å²) in [6, 6.07) is 9.75. The molecule has 0 atom stereocenters. The number of para-hydroxylation sites is 1. The Kier molecular flexibility index (Phi) is 2.99. The van der Waals surface area contributed by atoms with Crippen LogP contribution >= 0.6 is 0 Å². The largest absolute Gasteiger partial charge is 0.336 e. The summed E-state index contributed by atoms with van der Waals surface area (Å²) in [6.45, 7) is 0.443. The predicted octanol–water partition coefficient (Wildman–Crippen LogP) is 1.96. The van der Waals surface area contributed by atoms with E-state index in [1.807, 2.05) is 48.1 Å². The lowest BCUT2D eigenvalue weighted by atomic mass is 10.3. The first kappa shape index (κ1) is 9.73. The third kappa shape index (κ3) is 2.57. The van der Waals surface area contributed by atoms with Crippen molar-refractivity contribution in [1.82, 2.24) is 9.55 Å². The average molecular weight is 203 g/mol. The maximum atomic E-state index is 5.31. The summed E-state index contributed by atoms with van der Waals surface area (Å²) in [5, 5.41) is 0. The molecule has 1 heterocycles. The lowest BCUT2D eigenvalue weighted by molar-refractivity contribution is 0.171. The highest BCUT2D eigenvalue weighted by atomic mass is 16.6. The molecule has 1 N–H and O–H groups in total. The third-order valence-electron chi connectivity index (χ3n) is 2.09. The number of hydrogen-bond acceptors (Lipinski definition) is 3. The number of benzene rings is 1. The number of aromatic nitrogens is 2. The number of anilines is 1. The molecule has 0 fully saturated rings. The van der Waals surface area contributed by atoms with Crippen LogP contribution < -0.4 is 5.48 Å². The van der Waals surface area contributed by atoms with Gasteiger partial charge in [-0.3, -0.25) is 10.3 Å². The highest BCUT2D eigenvalue weighted by Crippen LogP contribution is 2.05. The van der Waals surface area contributed by atoms with Gasteiger partial charge in [0.2, 0.25) is 0 Å². The van der Waals surface area contributed by atoms with Gasteiger partial charge in [-0.05, 0) is 12.1 Å². The molecule has 15 heavy (non-hydrogen) atoms. The first-order valence-electron chi connectivity index (χ1n) is 4.75. The van der Waals surface area contributed by atoms with Gasteiger partial charge < -0.3 is 4.57 Å². The van der Waals surface area contributed by atoms with Crippen molar-refractivity contribution < 1.29 is 4.84 Å². The molecule has 78 valence electrons. The van der Waals surface area contributed by atoms with Crippen LogP contribution in [0.2, 0.25) is 0 Å². The molecule has 0 aliphatic rings. The van der Waals surface area contributed by atoms with Gasteiger partial charge in [0.05, 0.1) is 5.69 Å². The molecule has 0 unspecified atom stereocenters. The molecule has 2 aromatic rings. The van der Waals surface area contributed by atoms with Crippen LogP contribution in [0.4, 0.5) is 5.69 Å². The van der Waals surface area contributed by atoms with Crippen LogP contribution in [0.1, 0.15) is 5.82 Å². The summed E-state index contributed by atoms with van der Waals surface area (Å²) >= 11 is 0. The van der Waals surface area contributed by atoms with E-state index >= 15 is 0 Å². The van der Waals surface area contributed by atoms with E-state index < -0.39 is 0 Å². The quantitative estimate of drug-likeness (QED) is 0.772. The second-order valence-electron chi connectivity index (χ2n) is 3.21. The van der Waals surface area contributed by atoms with Gasteiger partial charge >= 0.3 is 0 Å². The molecule has 0 amide bonds. The molecule has 1 aromatic carbocycles. The van der Waals surface area contributed by atoms with Crippen molar-refractivity contribution in [3.05, 3.63) is 48.5 Å². The third-order valence-corrected chi connectivity index (χ3v) is 2.09. The average Bonchev–Trinajstić information content (AvgIpc) is 2.66. The zero-order chi connectivity index (χ0) is 10.5. The SMILES string of the molecule is Cn1ccnc1CONc1ccccc1. The van der Waals surface area contributed by atoms with E-state index in [1.165, 1.54) is 0 Å². The lowest BCUT2D eigenvalue weighted by Crippen LogP contribution is -2.05. The summed E-state index contributed by atoms with van der Waals surface area (Å²) in [5.74, 6) is 0.887. The molecule has 0 aliphatic heterocycles. The van der Waals surface area contributed by atoms with E-state index in [-0.39, 0.29) is 0 Å². The Hall–Kier alpha value is -1.81. The fourth-order valence-corrected chi connectivity index (χ4v) is 1.23. The second-order valence-corrected chi connectivity index (χ2v) is 3.21. The van der Waals surface area contributed by atoms with Gasteiger partial charge in [-0.25, -0.2) is 4.98 Å². The van der Waals surface area contributed by atoms with Crippen molar-refractivity contribution in [2.45, 2.75) is 6.61 Å². The normalized spacial score (nSPS) is 10.2. The first-order valence-corrected chi connectivity index (χ1v) is 4.75. The van der Waals surface area contributed by atoms with Gasteiger partial charge in [-0.15, -0.1) is 0 Å². The fourth-order valence-electron chi connectivity index (χ4n) is 1.23. The molecule has 1 aromatic heterocycles. The van der Waals surface area contributed by atoms with Crippen LogP contribution in [-0.4, -0.2) is 9.55 Å². The summed E-state index contributed by atoms with van der Waals surface area (Å²) in [6.07, 6.45) is 3.64. The Balaban J connectivity index is 1.83. The van der Waals surface area contributed by atoms with Crippen molar-refractivity contribution in [3.8, 4) is 0 Å². The number of aryl methyl sites for hydroxylation is 1. The van der Waals surface area contributed by atoms with Crippen molar-refractivity contribution in [2.75, 3.05) is 5.48 Å². The zero-order valence-electron chi connectivity index (χ0n) is 8.55. The summed E-state index contributed by atoms with van der Waals surface area (Å²) in [4.78, 5) is 9.46. The minimum Gasteiger partial charge on any atom is -0.336 e. The maximum Gasteiger partial charge on any atom is 0.137 e. The van der Waals surface area contributed by atoms with Crippen molar-refractivity contribution in [1.29, 1.82) is 0 Å². The Morgan fingerprint density at radius 3 is 2.80 bits per heavy atom. The van der Waals surface area contributed by atoms with E-state index in [4.69, 9.17) is 4.84 Å². The fraction of sp³-hybridized carbons (Fsp3) is 0.182. The van der Waals surface area contributed by atoms with Crippen molar-refractivity contribution in [3.63, 3.8) is 0 Å². The zero-order valence-corrected chi connectivity index (χ0v) is 8.55. The van der Waals surface area contributed by atoms with Crippen LogP contribution in [-0.2, 0) is 18.5 Å². The highest BCUT2D eigenvalue weighted by molar-refractivity contribution is 5.39. The minimum atomic E-state index is 0.443. The van der Waals surface area contributed by atoms with E-state index in [0.29, 0.717) is 6.61 Å². The topological polar surface area (TPSA) is 39.1 Å². The molecular weight excluding hydrogens is 190 g/mol.